The summed E-state index contributed by atoms with van der Waals surface area (Å²) in [6.07, 6.45) is 8.00. The van der Waals surface area contributed by atoms with Crippen LogP contribution in [0, 0.1) is 24.7 Å². The Balaban J connectivity index is 1.35. The Labute approximate surface area is 221 Å². The SMILES string of the molecule is Cc1ccc(CN2NC3N(CCC(C)C)C(=O)C4CCC(C(=O)NC5CCCCC5)CC4N3C2=O)cc1. The van der Waals surface area contributed by atoms with Crippen LogP contribution < -0.4 is 10.7 Å². The molecule has 5 rings (SSSR count). The maximum atomic E-state index is 13.8. The molecule has 0 radical (unpaired) electrons. The molecule has 8 nitrogen and oxygen atoms in total. The van der Waals surface area contributed by atoms with Gasteiger partial charge in [0, 0.05) is 24.5 Å². The first-order chi connectivity index (χ1) is 17.8. The maximum Gasteiger partial charge on any atom is 0.337 e. The zero-order valence-electron chi connectivity index (χ0n) is 22.6. The molecule has 1 aromatic carbocycles. The van der Waals surface area contributed by atoms with Crippen LogP contribution in [0.2, 0.25) is 0 Å². The first kappa shape index (κ1) is 26.0. The number of fused-ring (bicyclic) bond motifs is 3. The number of benzene rings is 1. The van der Waals surface area contributed by atoms with Crippen LogP contribution in [0.25, 0.3) is 0 Å². The highest BCUT2D eigenvalue weighted by Crippen LogP contribution is 2.41. The Morgan fingerprint density at radius 3 is 2.49 bits per heavy atom. The zero-order valence-corrected chi connectivity index (χ0v) is 22.6. The molecule has 4 fully saturated rings. The summed E-state index contributed by atoms with van der Waals surface area (Å²) in [5.41, 5.74) is 5.58. The molecule has 4 unspecified atom stereocenters. The smallest absolute Gasteiger partial charge is 0.337 e. The maximum absolute atomic E-state index is 13.8. The number of aryl methyl sites for hydroxylation is 1. The van der Waals surface area contributed by atoms with Crippen LogP contribution in [0.1, 0.15) is 82.8 Å². The van der Waals surface area contributed by atoms with Crippen LogP contribution >= 0.6 is 0 Å². The van der Waals surface area contributed by atoms with Crippen molar-refractivity contribution in [3.05, 3.63) is 35.4 Å². The standard InChI is InChI=1S/C29H43N5O3/c1-19(2)15-16-32-27(36)24-14-13-22(26(35)30-23-7-5-4-6-8-23)17-25(24)34-28(32)31-33(29(34)37)18-21-11-9-20(3)10-12-21/h9-12,19,22-25,28,31H,4-8,13-18H2,1-3H3,(H,30,35). The van der Waals surface area contributed by atoms with Gasteiger partial charge in [-0.1, -0.05) is 62.9 Å². The number of rotatable bonds is 7. The van der Waals surface area contributed by atoms with Gasteiger partial charge in [0.25, 0.3) is 0 Å². The van der Waals surface area contributed by atoms with E-state index in [1.54, 1.807) is 5.01 Å². The van der Waals surface area contributed by atoms with Crippen LogP contribution in [0.15, 0.2) is 24.3 Å². The van der Waals surface area contributed by atoms with Gasteiger partial charge in [0.15, 0.2) is 6.29 Å². The Hall–Kier alpha value is -2.61. The van der Waals surface area contributed by atoms with E-state index >= 15 is 0 Å². The van der Waals surface area contributed by atoms with Crippen LogP contribution in [0.5, 0.6) is 0 Å². The quantitative estimate of drug-likeness (QED) is 0.579. The van der Waals surface area contributed by atoms with Gasteiger partial charge in [-0.2, -0.15) is 5.43 Å². The monoisotopic (exact) mass is 509 g/mol. The van der Waals surface area contributed by atoms with Crippen LogP contribution in [0.4, 0.5) is 4.79 Å². The predicted octanol–water partition coefficient (Wildman–Crippen LogP) is 4.14. The molecule has 2 saturated carbocycles. The van der Waals surface area contributed by atoms with Crippen molar-refractivity contribution in [2.45, 2.75) is 103 Å². The Morgan fingerprint density at radius 2 is 1.78 bits per heavy atom. The van der Waals surface area contributed by atoms with E-state index in [0.717, 1.165) is 24.8 Å². The fraction of sp³-hybridized carbons (Fsp3) is 0.690. The van der Waals surface area contributed by atoms with E-state index in [9.17, 15) is 14.4 Å². The first-order valence-electron chi connectivity index (χ1n) is 14.3. The van der Waals surface area contributed by atoms with Crippen molar-refractivity contribution >= 4 is 17.8 Å². The third kappa shape index (κ3) is 5.49. The van der Waals surface area contributed by atoms with E-state index in [-0.39, 0.29) is 41.8 Å². The number of nitrogens with zero attached hydrogens (tertiary/aromatic N) is 3. The van der Waals surface area contributed by atoms with Gasteiger partial charge in [0.05, 0.1) is 12.5 Å². The molecule has 4 atom stereocenters. The number of hydrogen-bond acceptors (Lipinski definition) is 4. The highest BCUT2D eigenvalue weighted by atomic mass is 16.2. The van der Waals surface area contributed by atoms with Crippen LogP contribution in [-0.4, -0.2) is 57.6 Å². The van der Waals surface area contributed by atoms with Crippen LogP contribution in [0.3, 0.4) is 0 Å². The van der Waals surface area contributed by atoms with E-state index in [0.29, 0.717) is 38.3 Å². The second-order valence-electron chi connectivity index (χ2n) is 12.0. The molecule has 2 aliphatic carbocycles. The number of carbonyl (C=O) groups excluding carboxylic acids is 3. The average Bonchev–Trinajstić information content (AvgIpc) is 3.21. The molecular formula is C29H43N5O3. The summed E-state index contributed by atoms with van der Waals surface area (Å²) in [6.45, 7) is 7.40. The third-order valence-electron chi connectivity index (χ3n) is 8.79. The molecule has 4 amide bonds. The van der Waals surface area contributed by atoms with Gasteiger partial charge in [0.2, 0.25) is 11.8 Å². The predicted molar refractivity (Wildman–Crippen MR) is 142 cm³/mol. The van der Waals surface area contributed by atoms with Gasteiger partial charge in [-0.15, -0.1) is 0 Å². The van der Waals surface area contributed by atoms with E-state index in [1.807, 2.05) is 41.0 Å². The second-order valence-corrected chi connectivity index (χ2v) is 12.0. The second kappa shape index (κ2) is 11.0. The minimum atomic E-state index is -0.495. The lowest BCUT2D eigenvalue weighted by Crippen LogP contribution is -2.67. The average molecular weight is 510 g/mol. The summed E-state index contributed by atoms with van der Waals surface area (Å²) in [6, 6.07) is 8.09. The van der Waals surface area contributed by atoms with Gasteiger partial charge in [0.1, 0.15) is 0 Å². The highest BCUT2D eigenvalue weighted by molar-refractivity contribution is 5.87. The third-order valence-corrected chi connectivity index (χ3v) is 8.79. The molecule has 4 aliphatic rings. The van der Waals surface area contributed by atoms with Gasteiger partial charge >= 0.3 is 6.03 Å². The van der Waals surface area contributed by atoms with Crippen molar-refractivity contribution in [1.29, 1.82) is 0 Å². The van der Waals surface area contributed by atoms with Gasteiger partial charge < -0.3 is 10.2 Å². The topological polar surface area (TPSA) is 85.0 Å². The van der Waals surface area contributed by atoms with E-state index in [2.05, 4.69) is 24.6 Å². The van der Waals surface area contributed by atoms with Crippen molar-refractivity contribution in [2.75, 3.05) is 6.54 Å². The number of urea groups is 1. The van der Waals surface area contributed by atoms with Crippen molar-refractivity contribution < 1.29 is 14.4 Å². The molecule has 1 aromatic rings. The summed E-state index contributed by atoms with van der Waals surface area (Å²) in [5, 5.41) is 4.94. The summed E-state index contributed by atoms with van der Waals surface area (Å²) in [7, 11) is 0. The Kier molecular flexibility index (Phi) is 7.75. The lowest BCUT2D eigenvalue weighted by molar-refractivity contribution is -0.159. The summed E-state index contributed by atoms with van der Waals surface area (Å²) in [5.74, 6) is 0.284. The highest BCUT2D eigenvalue weighted by Gasteiger charge is 2.55. The number of hydrazine groups is 1. The van der Waals surface area contributed by atoms with Gasteiger partial charge in [-0.05, 0) is 56.9 Å². The van der Waals surface area contributed by atoms with Crippen molar-refractivity contribution in [2.24, 2.45) is 17.8 Å². The summed E-state index contributed by atoms with van der Waals surface area (Å²) >= 11 is 0. The largest absolute Gasteiger partial charge is 0.353 e. The minimum absolute atomic E-state index is 0.101. The molecule has 2 saturated heterocycles. The molecule has 0 bridgehead atoms. The minimum Gasteiger partial charge on any atom is -0.353 e. The molecule has 2 N–H and O–H groups in total. The molecular weight excluding hydrogens is 466 g/mol. The first-order valence-corrected chi connectivity index (χ1v) is 14.3. The fourth-order valence-corrected chi connectivity index (χ4v) is 6.54. The number of amides is 4. The summed E-state index contributed by atoms with van der Waals surface area (Å²) < 4.78 is 0. The Morgan fingerprint density at radius 1 is 1.05 bits per heavy atom. The van der Waals surface area contributed by atoms with E-state index in [1.165, 1.54) is 24.8 Å². The molecule has 8 heteroatoms. The van der Waals surface area contributed by atoms with E-state index < -0.39 is 6.29 Å². The molecule has 202 valence electrons. The van der Waals surface area contributed by atoms with Crippen molar-refractivity contribution in [1.82, 2.24) is 25.6 Å². The number of carbonyl (C=O) groups is 3. The fourth-order valence-electron chi connectivity index (χ4n) is 6.54. The van der Waals surface area contributed by atoms with Crippen molar-refractivity contribution in [3.8, 4) is 0 Å². The van der Waals surface area contributed by atoms with Crippen LogP contribution in [-0.2, 0) is 16.1 Å². The van der Waals surface area contributed by atoms with E-state index in [4.69, 9.17) is 0 Å². The molecule has 2 aliphatic heterocycles. The zero-order chi connectivity index (χ0) is 26.1. The lowest BCUT2D eigenvalue weighted by atomic mass is 9.75. The molecule has 37 heavy (non-hydrogen) atoms. The van der Waals surface area contributed by atoms with Crippen molar-refractivity contribution in [3.63, 3.8) is 0 Å². The van der Waals surface area contributed by atoms with Gasteiger partial charge in [-0.3, -0.25) is 19.5 Å². The van der Waals surface area contributed by atoms with Gasteiger partial charge in [-0.25, -0.2) is 4.79 Å². The number of hydrogen-bond donors (Lipinski definition) is 2. The summed E-state index contributed by atoms with van der Waals surface area (Å²) in [4.78, 5) is 44.5. The lowest BCUT2D eigenvalue weighted by Gasteiger charge is -2.50. The number of nitrogens with one attached hydrogen (secondary N) is 2. The Bertz CT molecular complexity index is 990. The molecule has 2 heterocycles. The normalized spacial score (nSPS) is 28.5. The molecule has 0 aromatic heterocycles. The molecule has 0 spiro atoms.